The molecule has 1 aromatic carbocycles. The Morgan fingerprint density at radius 1 is 0.708 bits per heavy atom. The van der Waals surface area contributed by atoms with Gasteiger partial charge in [-0.25, -0.2) is 0 Å². The first-order valence-electron chi connectivity index (χ1n) is 8.76. The summed E-state index contributed by atoms with van der Waals surface area (Å²) in [6.07, 6.45) is 0. The van der Waals surface area contributed by atoms with Crippen molar-refractivity contribution in [2.75, 3.05) is 14.1 Å². The molecule has 0 heterocycles. The van der Waals surface area contributed by atoms with E-state index in [-0.39, 0.29) is 16.2 Å². The molecule has 24 heavy (non-hydrogen) atoms. The van der Waals surface area contributed by atoms with E-state index in [0.717, 1.165) is 16.4 Å². The number of nitrogens with one attached hydrogen (secondary N) is 2. The molecule has 3 nitrogen and oxygen atoms in total. The van der Waals surface area contributed by atoms with Gasteiger partial charge in [0.1, 0.15) is 0 Å². The molecule has 2 N–H and O–H groups in total. The summed E-state index contributed by atoms with van der Waals surface area (Å²) in [5.41, 5.74) is 3.46. The van der Waals surface area contributed by atoms with Crippen LogP contribution in [-0.4, -0.2) is 14.1 Å². The Morgan fingerprint density at radius 2 is 1.04 bits per heavy atom. The van der Waals surface area contributed by atoms with E-state index in [9.17, 15) is 4.57 Å². The Hall–Kier alpha value is -0.630. The van der Waals surface area contributed by atoms with Gasteiger partial charge in [-0.05, 0) is 47.0 Å². The van der Waals surface area contributed by atoms with E-state index >= 15 is 0 Å². The SMILES string of the molecule is CNP(=O)(NC)c1c(C(C)(C)C)cc(C(C)(C)C)cc1C(C)(C)C. The fourth-order valence-corrected chi connectivity index (χ4v) is 5.03. The van der Waals surface area contributed by atoms with Gasteiger partial charge in [0, 0.05) is 5.30 Å². The molecule has 4 heteroatoms. The summed E-state index contributed by atoms with van der Waals surface area (Å²) in [6, 6.07) is 4.51. The van der Waals surface area contributed by atoms with Crippen molar-refractivity contribution >= 4 is 12.7 Å². The van der Waals surface area contributed by atoms with E-state index in [1.807, 2.05) is 0 Å². The van der Waals surface area contributed by atoms with Crippen molar-refractivity contribution in [3.63, 3.8) is 0 Å². The van der Waals surface area contributed by atoms with Gasteiger partial charge in [0.15, 0.2) is 0 Å². The first-order chi connectivity index (χ1) is 10.6. The second-order valence-corrected chi connectivity index (χ2v) is 12.3. The molecule has 0 amide bonds. The predicted molar refractivity (Wildman–Crippen MR) is 108 cm³/mol. The van der Waals surface area contributed by atoms with Crippen molar-refractivity contribution in [3.05, 3.63) is 28.8 Å². The first kappa shape index (κ1) is 21.4. The van der Waals surface area contributed by atoms with Crippen LogP contribution in [0.15, 0.2) is 12.1 Å². The van der Waals surface area contributed by atoms with Crippen LogP contribution in [0, 0.1) is 0 Å². The minimum Gasteiger partial charge on any atom is -0.284 e. The molecular formula is C20H37N2OP. The van der Waals surface area contributed by atoms with Gasteiger partial charge in [-0.1, -0.05) is 74.4 Å². The number of rotatable bonds is 3. The lowest BCUT2D eigenvalue weighted by Gasteiger charge is -2.36. The maximum absolute atomic E-state index is 13.6. The van der Waals surface area contributed by atoms with E-state index < -0.39 is 7.44 Å². The smallest absolute Gasteiger partial charge is 0.240 e. The molecule has 0 bridgehead atoms. The Balaban J connectivity index is 4.07. The number of hydrogen-bond donors (Lipinski definition) is 2. The van der Waals surface area contributed by atoms with Gasteiger partial charge in [0.2, 0.25) is 7.44 Å². The van der Waals surface area contributed by atoms with E-state index in [1.165, 1.54) is 5.56 Å². The Kier molecular flexibility index (Phi) is 5.88. The molecular weight excluding hydrogens is 315 g/mol. The molecule has 0 atom stereocenters. The molecule has 0 aromatic heterocycles. The highest BCUT2D eigenvalue weighted by Gasteiger charge is 2.36. The fraction of sp³-hybridized carbons (Fsp3) is 0.700. The monoisotopic (exact) mass is 352 g/mol. The summed E-state index contributed by atoms with van der Waals surface area (Å²) >= 11 is 0. The summed E-state index contributed by atoms with van der Waals surface area (Å²) in [5.74, 6) is 0. The van der Waals surface area contributed by atoms with Crippen molar-refractivity contribution in [1.29, 1.82) is 0 Å². The van der Waals surface area contributed by atoms with Crippen LogP contribution >= 0.6 is 7.44 Å². The van der Waals surface area contributed by atoms with Crippen LogP contribution in [0.4, 0.5) is 0 Å². The molecule has 0 aliphatic rings. The van der Waals surface area contributed by atoms with Crippen LogP contribution in [0.1, 0.15) is 79.0 Å². The largest absolute Gasteiger partial charge is 0.284 e. The average Bonchev–Trinajstić information content (AvgIpc) is 2.42. The quantitative estimate of drug-likeness (QED) is 0.765. The summed E-state index contributed by atoms with van der Waals surface area (Å²) in [4.78, 5) is 0. The highest BCUT2D eigenvalue weighted by atomic mass is 31.2. The molecule has 1 aromatic rings. The fourth-order valence-electron chi connectivity index (χ4n) is 2.89. The second kappa shape index (κ2) is 6.59. The molecule has 0 saturated carbocycles. The van der Waals surface area contributed by atoms with Gasteiger partial charge < -0.3 is 0 Å². The highest BCUT2D eigenvalue weighted by molar-refractivity contribution is 7.68. The molecule has 0 saturated heterocycles. The second-order valence-electron chi connectivity index (χ2n) is 9.73. The molecule has 0 unspecified atom stereocenters. The van der Waals surface area contributed by atoms with Crippen molar-refractivity contribution < 1.29 is 4.57 Å². The van der Waals surface area contributed by atoms with E-state index in [4.69, 9.17) is 0 Å². The molecule has 0 aliphatic carbocycles. The van der Waals surface area contributed by atoms with Gasteiger partial charge in [0.05, 0.1) is 0 Å². The van der Waals surface area contributed by atoms with Crippen molar-refractivity contribution in [1.82, 2.24) is 10.2 Å². The molecule has 0 fully saturated rings. The normalized spacial score (nSPS) is 14.1. The van der Waals surface area contributed by atoms with Gasteiger partial charge in [-0.3, -0.25) is 14.7 Å². The number of benzene rings is 1. The zero-order valence-electron chi connectivity index (χ0n) is 17.5. The standard InChI is InChI=1S/C20H37N2OP/c1-18(2,3)14-12-15(19(4,5)6)17(24(23,21-10)22-11)16(13-14)20(7,8)9/h12-13H,1-11H3,(H2,21,22,23). The lowest BCUT2D eigenvalue weighted by atomic mass is 9.75. The van der Waals surface area contributed by atoms with Gasteiger partial charge in [0.25, 0.3) is 0 Å². The Bertz CT molecular complexity index is 600. The molecule has 0 spiro atoms. The van der Waals surface area contributed by atoms with Crippen LogP contribution in [-0.2, 0) is 20.8 Å². The van der Waals surface area contributed by atoms with E-state index in [0.29, 0.717) is 0 Å². The van der Waals surface area contributed by atoms with E-state index in [1.54, 1.807) is 14.1 Å². The maximum Gasteiger partial charge on any atom is 0.240 e. The lowest BCUT2D eigenvalue weighted by molar-refractivity contribution is 0.545. The third kappa shape index (κ3) is 4.31. The topological polar surface area (TPSA) is 41.1 Å². The maximum atomic E-state index is 13.6. The van der Waals surface area contributed by atoms with Crippen molar-refractivity contribution in [2.45, 2.75) is 78.6 Å². The number of hydrogen-bond acceptors (Lipinski definition) is 1. The molecule has 1 rings (SSSR count). The summed E-state index contributed by atoms with van der Waals surface area (Å²) in [5, 5.41) is 7.09. The van der Waals surface area contributed by atoms with Crippen LogP contribution in [0.3, 0.4) is 0 Å². The average molecular weight is 353 g/mol. The highest BCUT2D eigenvalue weighted by Crippen LogP contribution is 2.44. The third-order valence-corrected chi connectivity index (χ3v) is 6.91. The molecule has 0 aliphatic heterocycles. The van der Waals surface area contributed by atoms with Crippen molar-refractivity contribution in [3.8, 4) is 0 Å². The minimum atomic E-state index is -2.87. The third-order valence-electron chi connectivity index (χ3n) is 4.54. The summed E-state index contributed by atoms with van der Waals surface area (Å²) in [7, 11) is 0.670. The van der Waals surface area contributed by atoms with Crippen molar-refractivity contribution in [2.24, 2.45) is 0 Å². The van der Waals surface area contributed by atoms with Crippen LogP contribution in [0.25, 0.3) is 0 Å². The van der Waals surface area contributed by atoms with Crippen LogP contribution in [0.5, 0.6) is 0 Å². The van der Waals surface area contributed by atoms with Crippen LogP contribution < -0.4 is 15.5 Å². The minimum absolute atomic E-state index is 0.0435. The van der Waals surface area contributed by atoms with Gasteiger partial charge >= 0.3 is 0 Å². The molecule has 0 radical (unpaired) electrons. The zero-order chi connectivity index (χ0) is 19.1. The summed E-state index contributed by atoms with van der Waals surface area (Å²) in [6.45, 7) is 19.9. The predicted octanol–water partition coefficient (Wildman–Crippen LogP) is 4.84. The van der Waals surface area contributed by atoms with Gasteiger partial charge in [-0.2, -0.15) is 0 Å². The van der Waals surface area contributed by atoms with Gasteiger partial charge in [-0.15, -0.1) is 0 Å². The zero-order valence-corrected chi connectivity index (χ0v) is 18.4. The summed E-state index contributed by atoms with van der Waals surface area (Å²) < 4.78 is 13.6. The Morgan fingerprint density at radius 3 is 1.25 bits per heavy atom. The Labute approximate surface area is 149 Å². The molecule has 138 valence electrons. The van der Waals surface area contributed by atoms with E-state index in [2.05, 4.69) is 84.6 Å². The lowest BCUT2D eigenvalue weighted by Crippen LogP contribution is -2.38. The first-order valence-corrected chi connectivity index (χ1v) is 10.5. The van der Waals surface area contributed by atoms with Crippen LogP contribution in [0.2, 0.25) is 0 Å².